The number of nitrogens with zero attached hydrogens (tertiary/aromatic N) is 3. The van der Waals surface area contributed by atoms with Crippen LogP contribution in [-0.4, -0.2) is 42.0 Å². The molecule has 1 aliphatic heterocycles. The number of piperazine rings is 1. The molecule has 0 N–H and O–H groups in total. The Bertz CT molecular complexity index is 499. The molecule has 0 radical (unpaired) electrons. The summed E-state index contributed by atoms with van der Waals surface area (Å²) in [7, 11) is 0. The maximum absolute atomic E-state index is 12.7. The highest BCUT2D eigenvalue weighted by atomic mass is 35.5. The van der Waals surface area contributed by atoms with Crippen LogP contribution < -0.4 is 4.90 Å². The minimum absolute atomic E-state index is 0.0410. The van der Waals surface area contributed by atoms with E-state index in [2.05, 4.69) is 21.7 Å². The molecule has 4 nitrogen and oxygen atoms in total. The van der Waals surface area contributed by atoms with Crippen LogP contribution in [0.1, 0.15) is 32.6 Å². The molecule has 1 aromatic rings. The lowest BCUT2D eigenvalue weighted by molar-refractivity contribution is -0.148. The van der Waals surface area contributed by atoms with E-state index >= 15 is 0 Å². The number of hydrogen-bond acceptors (Lipinski definition) is 3. The molecule has 1 aromatic heterocycles. The first-order chi connectivity index (χ1) is 10.1. The van der Waals surface area contributed by atoms with Crippen molar-refractivity contribution in [2.24, 2.45) is 5.41 Å². The summed E-state index contributed by atoms with van der Waals surface area (Å²) in [5.74, 6) is 1.32. The summed E-state index contributed by atoms with van der Waals surface area (Å²) >= 11 is 5.87. The summed E-state index contributed by atoms with van der Waals surface area (Å²) in [5, 5.41) is 0.655. The number of amides is 1. The van der Waals surface area contributed by atoms with Crippen molar-refractivity contribution in [3.05, 3.63) is 23.4 Å². The molecule has 1 amide bonds. The maximum Gasteiger partial charge on any atom is 0.228 e. The molecule has 0 spiro atoms. The molecule has 0 aromatic carbocycles. The molecule has 2 fully saturated rings. The van der Waals surface area contributed by atoms with Gasteiger partial charge in [0.25, 0.3) is 0 Å². The van der Waals surface area contributed by atoms with E-state index in [-0.39, 0.29) is 5.41 Å². The normalized spacial score (nSPS) is 21.0. The second kappa shape index (κ2) is 5.84. The number of carbonyl (C=O) groups excluding carboxylic acids is 1. The maximum atomic E-state index is 12.7. The fourth-order valence-electron chi connectivity index (χ4n) is 3.35. The Hall–Kier alpha value is -1.29. The lowest BCUT2D eigenvalue weighted by Gasteiger charge is -2.45. The van der Waals surface area contributed by atoms with Gasteiger partial charge >= 0.3 is 0 Å². The van der Waals surface area contributed by atoms with Gasteiger partial charge < -0.3 is 9.80 Å². The Balaban J connectivity index is 1.60. The number of hydrogen-bond donors (Lipinski definition) is 0. The van der Waals surface area contributed by atoms with Gasteiger partial charge in [-0.25, -0.2) is 4.98 Å². The zero-order chi connectivity index (χ0) is 14.9. The van der Waals surface area contributed by atoms with Crippen LogP contribution in [-0.2, 0) is 4.79 Å². The van der Waals surface area contributed by atoms with Crippen LogP contribution in [0.3, 0.4) is 0 Å². The summed E-state index contributed by atoms with van der Waals surface area (Å²) in [6.07, 6.45) is 6.00. The van der Waals surface area contributed by atoms with Crippen molar-refractivity contribution in [3.8, 4) is 0 Å². The Morgan fingerprint density at radius 2 is 2.00 bits per heavy atom. The van der Waals surface area contributed by atoms with Gasteiger partial charge in [0.2, 0.25) is 5.91 Å². The van der Waals surface area contributed by atoms with Gasteiger partial charge in [-0.3, -0.25) is 4.79 Å². The van der Waals surface area contributed by atoms with Gasteiger partial charge in [-0.2, -0.15) is 0 Å². The van der Waals surface area contributed by atoms with Crippen LogP contribution in [0.5, 0.6) is 0 Å². The number of rotatable bonds is 3. The highest BCUT2D eigenvalue weighted by Gasteiger charge is 2.44. The standard InChI is InChI=1S/C16H22ClN3O/c1-2-16(6-3-7-16)15(21)20-10-8-19(9-11-20)14-5-4-13(17)12-18-14/h4-5,12H,2-3,6-11H2,1H3. The number of aromatic nitrogens is 1. The van der Waals surface area contributed by atoms with Gasteiger partial charge in [0.1, 0.15) is 5.82 Å². The number of pyridine rings is 1. The van der Waals surface area contributed by atoms with Crippen molar-refractivity contribution in [2.45, 2.75) is 32.6 Å². The van der Waals surface area contributed by atoms with E-state index in [0.717, 1.165) is 51.3 Å². The van der Waals surface area contributed by atoms with Crippen molar-refractivity contribution in [3.63, 3.8) is 0 Å². The summed E-state index contributed by atoms with van der Waals surface area (Å²) < 4.78 is 0. The van der Waals surface area contributed by atoms with E-state index in [0.29, 0.717) is 10.9 Å². The van der Waals surface area contributed by atoms with Crippen molar-refractivity contribution >= 4 is 23.3 Å². The molecule has 0 unspecified atom stereocenters. The van der Waals surface area contributed by atoms with Crippen LogP contribution >= 0.6 is 11.6 Å². The number of anilines is 1. The van der Waals surface area contributed by atoms with Crippen LogP contribution in [0.15, 0.2) is 18.3 Å². The Kier molecular flexibility index (Phi) is 4.07. The summed E-state index contributed by atoms with van der Waals surface area (Å²) in [4.78, 5) is 21.3. The van der Waals surface area contributed by atoms with E-state index in [1.54, 1.807) is 6.20 Å². The van der Waals surface area contributed by atoms with E-state index in [9.17, 15) is 4.79 Å². The van der Waals surface area contributed by atoms with Crippen molar-refractivity contribution < 1.29 is 4.79 Å². The average Bonchev–Trinajstić information content (AvgIpc) is 2.48. The average molecular weight is 308 g/mol. The molecule has 2 aliphatic rings. The van der Waals surface area contributed by atoms with Crippen molar-refractivity contribution in [2.75, 3.05) is 31.1 Å². The molecule has 1 saturated heterocycles. The Labute approximate surface area is 131 Å². The van der Waals surface area contributed by atoms with Crippen LogP contribution in [0, 0.1) is 5.41 Å². The molecule has 1 aliphatic carbocycles. The predicted molar refractivity (Wildman–Crippen MR) is 84.6 cm³/mol. The van der Waals surface area contributed by atoms with Gasteiger partial charge in [0.05, 0.1) is 5.02 Å². The monoisotopic (exact) mass is 307 g/mol. The molecule has 5 heteroatoms. The van der Waals surface area contributed by atoms with Crippen molar-refractivity contribution in [1.82, 2.24) is 9.88 Å². The minimum Gasteiger partial charge on any atom is -0.353 e. The number of carbonyl (C=O) groups is 1. The second-order valence-electron chi connectivity index (χ2n) is 6.10. The summed E-state index contributed by atoms with van der Waals surface area (Å²) in [5.41, 5.74) is -0.0410. The summed E-state index contributed by atoms with van der Waals surface area (Å²) in [6, 6.07) is 3.81. The first-order valence-electron chi connectivity index (χ1n) is 7.80. The van der Waals surface area contributed by atoms with E-state index in [4.69, 9.17) is 11.6 Å². The van der Waals surface area contributed by atoms with Crippen LogP contribution in [0.2, 0.25) is 5.02 Å². The van der Waals surface area contributed by atoms with E-state index < -0.39 is 0 Å². The smallest absolute Gasteiger partial charge is 0.228 e. The Morgan fingerprint density at radius 1 is 1.29 bits per heavy atom. The molecular formula is C16H22ClN3O. The lowest BCUT2D eigenvalue weighted by atomic mass is 9.66. The van der Waals surface area contributed by atoms with Crippen molar-refractivity contribution in [1.29, 1.82) is 0 Å². The largest absolute Gasteiger partial charge is 0.353 e. The lowest BCUT2D eigenvalue weighted by Crippen LogP contribution is -2.55. The number of halogens is 1. The molecule has 0 atom stereocenters. The van der Waals surface area contributed by atoms with Crippen LogP contribution in [0.25, 0.3) is 0 Å². The second-order valence-corrected chi connectivity index (χ2v) is 6.54. The zero-order valence-corrected chi connectivity index (χ0v) is 13.3. The topological polar surface area (TPSA) is 36.4 Å². The molecule has 3 rings (SSSR count). The summed E-state index contributed by atoms with van der Waals surface area (Å²) in [6.45, 7) is 5.43. The fourth-order valence-corrected chi connectivity index (χ4v) is 3.46. The molecule has 2 heterocycles. The fraction of sp³-hybridized carbons (Fsp3) is 0.625. The Morgan fingerprint density at radius 3 is 2.48 bits per heavy atom. The SMILES string of the molecule is CCC1(C(=O)N2CCN(c3ccc(Cl)cn3)CC2)CCC1. The highest BCUT2D eigenvalue weighted by Crippen LogP contribution is 2.45. The quantitative estimate of drug-likeness (QED) is 0.861. The van der Waals surface area contributed by atoms with Gasteiger partial charge in [0.15, 0.2) is 0 Å². The third-order valence-electron chi connectivity index (χ3n) is 5.04. The van der Waals surface area contributed by atoms with Gasteiger partial charge in [0, 0.05) is 37.8 Å². The molecule has 114 valence electrons. The van der Waals surface area contributed by atoms with E-state index in [1.165, 1.54) is 6.42 Å². The molecular weight excluding hydrogens is 286 g/mol. The third-order valence-corrected chi connectivity index (χ3v) is 5.27. The van der Waals surface area contributed by atoms with Gasteiger partial charge in [-0.15, -0.1) is 0 Å². The zero-order valence-electron chi connectivity index (χ0n) is 12.5. The third kappa shape index (κ3) is 2.73. The van der Waals surface area contributed by atoms with Gasteiger partial charge in [-0.1, -0.05) is 24.9 Å². The first kappa shape index (κ1) is 14.6. The minimum atomic E-state index is -0.0410. The van der Waals surface area contributed by atoms with E-state index in [1.807, 2.05) is 12.1 Å². The molecule has 1 saturated carbocycles. The van der Waals surface area contributed by atoms with Crippen LogP contribution in [0.4, 0.5) is 5.82 Å². The first-order valence-corrected chi connectivity index (χ1v) is 8.18. The predicted octanol–water partition coefficient (Wildman–Crippen LogP) is 2.96. The van der Waals surface area contributed by atoms with Gasteiger partial charge in [-0.05, 0) is 31.4 Å². The highest BCUT2D eigenvalue weighted by molar-refractivity contribution is 6.30. The molecule has 0 bridgehead atoms. The molecule has 21 heavy (non-hydrogen) atoms.